The molecule has 2 heterocycles. The van der Waals surface area contributed by atoms with Crippen molar-refractivity contribution in [3.05, 3.63) is 70.3 Å². The highest BCUT2D eigenvalue weighted by atomic mass is 31.2. The van der Waals surface area contributed by atoms with Crippen LogP contribution in [0.25, 0.3) is 0 Å². The van der Waals surface area contributed by atoms with E-state index in [0.717, 1.165) is 6.42 Å². The lowest BCUT2D eigenvalue weighted by Crippen LogP contribution is -2.42. The number of hydrogen-bond acceptors (Lipinski definition) is 10. The van der Waals surface area contributed by atoms with Crippen LogP contribution in [0.2, 0.25) is 0 Å². The molecule has 0 bridgehead atoms. The van der Waals surface area contributed by atoms with Gasteiger partial charge >= 0.3 is 24.2 Å². The van der Waals surface area contributed by atoms with E-state index < -0.39 is 62.3 Å². The zero-order chi connectivity index (χ0) is 48.2. The number of ether oxygens (including phenoxy) is 2. The minimum atomic E-state index is -5.22. The third-order valence-electron chi connectivity index (χ3n) is 11.4. The van der Waals surface area contributed by atoms with Gasteiger partial charge in [0.25, 0.3) is 14.4 Å². The topological polar surface area (TPSA) is 154 Å². The van der Waals surface area contributed by atoms with Crippen molar-refractivity contribution < 1.29 is 64.4 Å². The molecule has 2 aliphatic heterocycles. The van der Waals surface area contributed by atoms with E-state index in [4.69, 9.17) is 23.8 Å². The number of aryl methyl sites for hydroxylation is 2. The normalized spacial score (nSPS) is 19.0. The number of rotatable bonds is 18. The number of nitrogens with one attached hydrogen (secondary N) is 1. The number of anilines is 2. The molecule has 2 aromatic carbocycles. The molecular formula is C45H56F6N5O8P. The van der Waals surface area contributed by atoms with Gasteiger partial charge in [-0.3, -0.25) is 14.4 Å². The molecule has 0 radical (unpaired) electrons. The van der Waals surface area contributed by atoms with Gasteiger partial charge in [0.1, 0.15) is 17.1 Å². The molecule has 0 aromatic heterocycles. The maximum Gasteiger partial charge on any atom is 0.471 e. The van der Waals surface area contributed by atoms with Crippen molar-refractivity contribution >= 4 is 37.6 Å². The van der Waals surface area contributed by atoms with Crippen molar-refractivity contribution in [1.82, 2.24) is 9.99 Å². The van der Waals surface area contributed by atoms with Crippen molar-refractivity contribution in [2.75, 3.05) is 42.6 Å². The number of nitrogens with zero attached hydrogens (tertiary/aromatic N) is 4. The van der Waals surface area contributed by atoms with E-state index in [1.165, 1.54) is 52.0 Å². The molecule has 3 amide bonds. The van der Waals surface area contributed by atoms with Crippen LogP contribution in [0, 0.1) is 37.0 Å². The molecule has 1 spiro atoms. The molecule has 4 atom stereocenters. The summed E-state index contributed by atoms with van der Waals surface area (Å²) in [5.41, 5.74) is -0.830. The summed E-state index contributed by atoms with van der Waals surface area (Å²) in [6.45, 7) is 14.2. The molecule has 13 nitrogen and oxygen atoms in total. The van der Waals surface area contributed by atoms with E-state index in [1.807, 2.05) is 0 Å². The first-order valence-electron chi connectivity index (χ1n) is 21.5. The minimum Gasteiger partial charge on any atom is -0.456 e. The Morgan fingerprint density at radius 3 is 1.86 bits per heavy atom. The summed E-state index contributed by atoms with van der Waals surface area (Å²) in [4.78, 5) is 39.7. The van der Waals surface area contributed by atoms with Gasteiger partial charge in [-0.25, -0.2) is 4.67 Å². The molecule has 2 aromatic rings. The van der Waals surface area contributed by atoms with Gasteiger partial charge in [0.2, 0.25) is 0 Å². The Balaban J connectivity index is 1.40. The smallest absolute Gasteiger partial charge is 0.456 e. The third kappa shape index (κ3) is 10.8. The first-order chi connectivity index (χ1) is 30.5. The molecule has 65 heavy (non-hydrogen) atoms. The van der Waals surface area contributed by atoms with E-state index in [0.29, 0.717) is 35.8 Å². The van der Waals surface area contributed by atoms with Crippen LogP contribution in [-0.2, 0) is 33.8 Å². The quantitative estimate of drug-likeness (QED) is 0.0841. The van der Waals surface area contributed by atoms with Gasteiger partial charge in [0, 0.05) is 72.4 Å². The fraction of sp³-hybridized carbons (Fsp3) is 0.556. The molecule has 1 aliphatic carbocycles. The third-order valence-corrected chi connectivity index (χ3v) is 13.5. The van der Waals surface area contributed by atoms with Crippen molar-refractivity contribution in [3.63, 3.8) is 0 Å². The van der Waals surface area contributed by atoms with Crippen LogP contribution in [0.4, 0.5) is 37.7 Å². The van der Waals surface area contributed by atoms with E-state index in [9.17, 15) is 45.8 Å². The summed E-state index contributed by atoms with van der Waals surface area (Å²) in [6, 6.07) is 7.81. The Morgan fingerprint density at radius 2 is 1.38 bits per heavy atom. The number of nitriles is 1. The Labute approximate surface area is 376 Å². The molecule has 1 saturated heterocycles. The van der Waals surface area contributed by atoms with Gasteiger partial charge in [0.05, 0.1) is 37.1 Å². The van der Waals surface area contributed by atoms with Crippen molar-refractivity contribution in [2.45, 2.75) is 117 Å². The SMILES string of the molecule is CCN(C(=O)C(F)(F)F)c1cc2c(cc1C)C1(OC(O)C3C=C(C(=O)NCCCCCOP(OCCC#N)N(C(C)C)C(C)C)C=CC31)c1cc(C)c(N(CC)C(=O)C(F)(F)F)cc1O2. The monoisotopic (exact) mass is 939 g/mol. The number of benzene rings is 2. The predicted octanol–water partition coefficient (Wildman–Crippen LogP) is 9.14. The zero-order valence-corrected chi connectivity index (χ0v) is 38.5. The maximum atomic E-state index is 13.8. The fourth-order valence-electron chi connectivity index (χ4n) is 8.62. The summed E-state index contributed by atoms with van der Waals surface area (Å²) in [7, 11) is -1.37. The van der Waals surface area contributed by atoms with Gasteiger partial charge in [0.15, 0.2) is 6.29 Å². The molecule has 4 unspecified atom stereocenters. The lowest BCUT2D eigenvalue weighted by Gasteiger charge is -2.42. The zero-order valence-electron chi connectivity index (χ0n) is 37.6. The van der Waals surface area contributed by atoms with Crippen LogP contribution in [-0.4, -0.2) is 91.1 Å². The maximum absolute atomic E-state index is 13.8. The highest BCUT2D eigenvalue weighted by Gasteiger charge is 2.60. The highest BCUT2D eigenvalue weighted by molar-refractivity contribution is 7.44. The van der Waals surface area contributed by atoms with Gasteiger partial charge in [-0.05, 0) is 97.9 Å². The number of aliphatic hydroxyl groups is 1. The number of aliphatic hydroxyl groups excluding tert-OH is 1. The summed E-state index contributed by atoms with van der Waals surface area (Å²) < 4.78 is 110. The number of halogens is 6. The van der Waals surface area contributed by atoms with Gasteiger partial charge < -0.3 is 38.7 Å². The molecular weight excluding hydrogens is 883 g/mol. The van der Waals surface area contributed by atoms with Crippen LogP contribution in [0.15, 0.2) is 48.1 Å². The second-order valence-corrected chi connectivity index (χ2v) is 17.9. The fourth-order valence-corrected chi connectivity index (χ4v) is 10.2. The molecule has 0 saturated carbocycles. The number of unbranched alkanes of at least 4 members (excludes halogenated alkanes) is 2. The summed E-state index contributed by atoms with van der Waals surface area (Å²) in [5.74, 6) is -6.58. The predicted molar refractivity (Wildman–Crippen MR) is 231 cm³/mol. The van der Waals surface area contributed by atoms with Crippen LogP contribution >= 0.6 is 8.53 Å². The van der Waals surface area contributed by atoms with Crippen LogP contribution < -0.4 is 19.9 Å². The Hall–Kier alpha value is -4.57. The molecule has 20 heteroatoms. The highest BCUT2D eigenvalue weighted by Crippen LogP contribution is 2.62. The summed E-state index contributed by atoms with van der Waals surface area (Å²) in [5, 5.41) is 23.5. The van der Waals surface area contributed by atoms with Crippen LogP contribution in [0.5, 0.6) is 11.5 Å². The first kappa shape index (κ1) is 51.4. The van der Waals surface area contributed by atoms with Crippen molar-refractivity contribution in [2.24, 2.45) is 11.8 Å². The lowest BCUT2D eigenvalue weighted by atomic mass is 9.68. The number of amides is 3. The van der Waals surface area contributed by atoms with E-state index in [-0.39, 0.29) is 88.9 Å². The Kier molecular flexibility index (Phi) is 16.6. The van der Waals surface area contributed by atoms with E-state index in [2.05, 4.69) is 43.8 Å². The summed E-state index contributed by atoms with van der Waals surface area (Å²) in [6.07, 6.45) is -4.91. The second kappa shape index (κ2) is 20.9. The Morgan fingerprint density at radius 1 is 0.862 bits per heavy atom. The van der Waals surface area contributed by atoms with Crippen LogP contribution in [0.1, 0.15) is 89.5 Å². The number of carbonyl (C=O) groups is 3. The Bertz CT molecular complexity index is 2090. The molecule has 2 N–H and O–H groups in total. The van der Waals surface area contributed by atoms with E-state index in [1.54, 1.807) is 18.2 Å². The number of hydrogen-bond donors (Lipinski definition) is 2. The molecule has 356 valence electrons. The van der Waals surface area contributed by atoms with Gasteiger partial charge in [-0.2, -0.15) is 31.6 Å². The van der Waals surface area contributed by atoms with Crippen LogP contribution in [0.3, 0.4) is 0 Å². The van der Waals surface area contributed by atoms with Crippen molar-refractivity contribution in [1.29, 1.82) is 5.26 Å². The lowest BCUT2D eigenvalue weighted by molar-refractivity contribution is -0.170. The van der Waals surface area contributed by atoms with Gasteiger partial charge in [-0.1, -0.05) is 18.2 Å². The largest absolute Gasteiger partial charge is 0.471 e. The number of carbonyl (C=O) groups excluding carboxylic acids is 3. The minimum absolute atomic E-state index is 0.106. The number of fused-ring (bicyclic) bond motifs is 6. The standard InChI is InChI=1S/C45H56F6N5O8P/c1-9-54(41(59)44(46,47)48)35-24-37-33(21-28(35)7)43(34-22-29(8)36(25-38(34)63-37)55(10-2)42(60)45(49,50)51)32-16-15-30(23-31(32)40(58)64-43)39(57)53-18-12-11-13-19-61-65(62-20-14-17-52)56(26(3)4)27(5)6/h15-16,21-27,31-32,40,58H,9-14,18-20H2,1-8H3,(H,53,57). The average Bonchev–Trinajstić information content (AvgIpc) is 3.52. The van der Waals surface area contributed by atoms with Crippen molar-refractivity contribution in [3.8, 4) is 17.6 Å². The van der Waals surface area contributed by atoms with Gasteiger partial charge in [-0.15, -0.1) is 0 Å². The first-order valence-corrected chi connectivity index (χ1v) is 22.7. The number of alkyl halides is 6. The summed E-state index contributed by atoms with van der Waals surface area (Å²) >= 11 is 0. The average molecular weight is 940 g/mol. The molecule has 3 aliphatic rings. The second-order valence-electron chi connectivity index (χ2n) is 16.5. The molecule has 5 rings (SSSR count). The van der Waals surface area contributed by atoms with E-state index >= 15 is 0 Å². The molecule has 1 fully saturated rings.